The van der Waals surface area contributed by atoms with Crippen LogP contribution >= 0.6 is 0 Å². The molecule has 2 aromatic heterocycles. The number of hydrogen-bond acceptors (Lipinski definition) is 13. The Hall–Kier alpha value is -2.79. The van der Waals surface area contributed by atoms with Crippen LogP contribution in [0.25, 0.3) is 11.2 Å². The van der Waals surface area contributed by atoms with Crippen LogP contribution in [0, 0.1) is 10.1 Å². The van der Waals surface area contributed by atoms with Crippen LogP contribution in [0.1, 0.15) is 19.6 Å². The molecule has 0 aromatic carbocycles. The largest absolute Gasteiger partial charge is 0.434 e. The van der Waals surface area contributed by atoms with Gasteiger partial charge in [0.2, 0.25) is 6.29 Å². The molecule has 0 amide bonds. The van der Waals surface area contributed by atoms with Crippen molar-refractivity contribution >= 4 is 33.8 Å². The molecule has 1 aliphatic heterocycles. The quantitative estimate of drug-likeness (QED) is 0.108. The molecule has 0 bridgehead atoms. The molecule has 0 radical (unpaired) electrons. The molecular weight excluding hydrogens is 510 g/mol. The minimum Gasteiger partial charge on any atom is -0.434 e. The van der Waals surface area contributed by atoms with Crippen molar-refractivity contribution in [2.24, 2.45) is 0 Å². The summed E-state index contributed by atoms with van der Waals surface area (Å²) in [5, 5.41) is 15.3. The van der Waals surface area contributed by atoms with Crippen molar-refractivity contribution in [3.63, 3.8) is 0 Å². The van der Waals surface area contributed by atoms with Gasteiger partial charge in [-0.2, -0.15) is 0 Å². The van der Waals surface area contributed by atoms with Gasteiger partial charge in [0, 0.05) is 27.7 Å². The van der Waals surface area contributed by atoms with Gasteiger partial charge in [0.25, 0.3) is 5.09 Å². The van der Waals surface area contributed by atoms with E-state index < -0.39 is 35.7 Å². The molecule has 3 unspecified atom stereocenters. The summed E-state index contributed by atoms with van der Waals surface area (Å²) in [6.45, 7) is 1.29. The molecule has 1 fully saturated rings. The molecule has 0 saturated carbocycles. The second-order valence-corrected chi connectivity index (χ2v) is 10.7. The zero-order valence-electron chi connectivity index (χ0n) is 21.7. The standard InChI is InChI=1S/C21H34N7O8S/c1-12(36-28(30)31)34-21(29)13(22-2)7-8-37(6)9-14-16(32-4)17(33-5)20(35-14)27-11-26-15-18(23-3)24-10-25-19(15)27/h10-14,16-17,20,22H,7-9H2,1-6H3,(H,23,24,25)/q+1/t12?,13-,14?,16+,17+,20+,37?/m0/s1. The van der Waals surface area contributed by atoms with Gasteiger partial charge >= 0.3 is 5.97 Å². The number of nitrogens with zero attached hydrogens (tertiary/aromatic N) is 5. The lowest BCUT2D eigenvalue weighted by atomic mass is 10.1. The Balaban J connectivity index is 1.65. The first-order chi connectivity index (χ1) is 17.7. The Morgan fingerprint density at radius 1 is 1.27 bits per heavy atom. The molecule has 2 aromatic rings. The van der Waals surface area contributed by atoms with Gasteiger partial charge in [-0.3, -0.25) is 14.2 Å². The maximum atomic E-state index is 12.4. The summed E-state index contributed by atoms with van der Waals surface area (Å²) in [5.74, 6) is 1.36. The van der Waals surface area contributed by atoms with Gasteiger partial charge in [-0.05, 0) is 24.9 Å². The van der Waals surface area contributed by atoms with Crippen molar-refractivity contribution < 1.29 is 33.7 Å². The minimum absolute atomic E-state index is 0.162. The van der Waals surface area contributed by atoms with Gasteiger partial charge < -0.3 is 29.6 Å². The van der Waals surface area contributed by atoms with Crippen LogP contribution in [0.15, 0.2) is 12.7 Å². The van der Waals surface area contributed by atoms with E-state index in [1.165, 1.54) is 13.3 Å². The highest BCUT2D eigenvalue weighted by atomic mass is 32.2. The van der Waals surface area contributed by atoms with Gasteiger partial charge in [0.05, 0.1) is 12.6 Å². The lowest BCUT2D eigenvalue weighted by Crippen LogP contribution is -2.41. The number of imidazole rings is 1. The zero-order chi connectivity index (χ0) is 27.1. The highest BCUT2D eigenvalue weighted by molar-refractivity contribution is 7.96. The van der Waals surface area contributed by atoms with Crippen LogP contribution < -0.4 is 10.6 Å². The number of ether oxygens (including phenoxy) is 4. The second-order valence-electron chi connectivity index (χ2n) is 8.38. The van der Waals surface area contributed by atoms with Gasteiger partial charge in [-0.15, -0.1) is 10.1 Å². The highest BCUT2D eigenvalue weighted by Crippen LogP contribution is 2.36. The molecule has 1 saturated heterocycles. The third-order valence-electron chi connectivity index (χ3n) is 6.05. The maximum Gasteiger partial charge on any atom is 0.325 e. The Kier molecular flexibility index (Phi) is 10.2. The van der Waals surface area contributed by atoms with Crippen LogP contribution in [0.3, 0.4) is 0 Å². The van der Waals surface area contributed by atoms with E-state index in [2.05, 4.69) is 36.7 Å². The fourth-order valence-corrected chi connectivity index (χ4v) is 5.91. The minimum atomic E-state index is -1.29. The first kappa shape index (κ1) is 28.8. The summed E-state index contributed by atoms with van der Waals surface area (Å²) in [6, 6.07) is -0.631. The van der Waals surface area contributed by atoms with Gasteiger partial charge in [0.15, 0.2) is 17.7 Å². The molecule has 0 aliphatic carbocycles. The number of anilines is 1. The van der Waals surface area contributed by atoms with Crippen molar-refractivity contribution in [2.75, 3.05) is 51.4 Å². The Labute approximate surface area is 217 Å². The number of aromatic nitrogens is 4. The molecule has 37 heavy (non-hydrogen) atoms. The van der Waals surface area contributed by atoms with E-state index in [4.69, 9.17) is 18.9 Å². The molecule has 0 spiro atoms. The van der Waals surface area contributed by atoms with Gasteiger partial charge in [0.1, 0.15) is 47.7 Å². The first-order valence-corrected chi connectivity index (χ1v) is 13.6. The van der Waals surface area contributed by atoms with E-state index in [0.717, 1.165) is 0 Å². The van der Waals surface area contributed by atoms with Crippen molar-refractivity contribution in [2.45, 2.75) is 50.2 Å². The number of carbonyl (C=O) groups excluding carboxylic acids is 1. The van der Waals surface area contributed by atoms with E-state index in [1.807, 2.05) is 4.57 Å². The number of rotatable bonds is 14. The molecule has 206 valence electrons. The smallest absolute Gasteiger partial charge is 0.325 e. The predicted molar refractivity (Wildman–Crippen MR) is 134 cm³/mol. The summed E-state index contributed by atoms with van der Waals surface area (Å²) >= 11 is 0. The number of nitrogens with one attached hydrogen (secondary N) is 2. The average molecular weight is 545 g/mol. The van der Waals surface area contributed by atoms with E-state index >= 15 is 0 Å². The van der Waals surface area contributed by atoms with Crippen LogP contribution in [0.5, 0.6) is 0 Å². The first-order valence-electron chi connectivity index (χ1n) is 11.6. The maximum absolute atomic E-state index is 12.4. The Morgan fingerprint density at radius 2 is 2.00 bits per heavy atom. The zero-order valence-corrected chi connectivity index (χ0v) is 22.5. The van der Waals surface area contributed by atoms with E-state index in [-0.39, 0.29) is 23.1 Å². The summed E-state index contributed by atoms with van der Waals surface area (Å²) in [7, 11) is 6.47. The van der Waals surface area contributed by atoms with Gasteiger partial charge in [-0.1, -0.05) is 0 Å². The molecule has 3 heterocycles. The van der Waals surface area contributed by atoms with Crippen LogP contribution in [-0.4, -0.2) is 107 Å². The van der Waals surface area contributed by atoms with Crippen LogP contribution in [-0.2, 0) is 39.5 Å². The number of esters is 1. The molecule has 1 aliphatic rings. The average Bonchev–Trinajstić information content (AvgIpc) is 3.44. The normalized spacial score (nSPS) is 23.9. The molecule has 3 rings (SSSR count). The van der Waals surface area contributed by atoms with Crippen molar-refractivity contribution in [1.29, 1.82) is 0 Å². The number of hydrogen-bond donors (Lipinski definition) is 2. The molecule has 16 heteroatoms. The SMILES string of the molecule is CNc1ncnc2c1ncn2[C@@H]1OC(C[S+](C)CC[C@H](NC)C(=O)OC(C)O[N+](=O)[O-])[C@@H](OC)[C@H]1OC. The topological polar surface area (TPSA) is 174 Å². The lowest BCUT2D eigenvalue weighted by Gasteiger charge is -2.22. The fraction of sp³-hybridized carbons (Fsp3) is 0.714. The highest BCUT2D eigenvalue weighted by Gasteiger charge is 2.49. The number of methoxy groups -OCH3 is 2. The molecule has 2 N–H and O–H groups in total. The summed E-state index contributed by atoms with van der Waals surface area (Å²) in [6.07, 6.45) is 2.87. The Bertz CT molecular complexity index is 1060. The Morgan fingerprint density at radius 3 is 2.62 bits per heavy atom. The number of likely N-dealkylation sites (N-methyl/N-ethyl adjacent to an activating group) is 1. The van der Waals surface area contributed by atoms with Crippen molar-refractivity contribution in [3.05, 3.63) is 22.8 Å². The summed E-state index contributed by atoms with van der Waals surface area (Å²) in [4.78, 5) is 40.1. The number of fused-ring (bicyclic) bond motifs is 1. The van der Waals surface area contributed by atoms with E-state index in [0.29, 0.717) is 34.9 Å². The van der Waals surface area contributed by atoms with E-state index in [9.17, 15) is 14.9 Å². The monoisotopic (exact) mass is 544 g/mol. The summed E-state index contributed by atoms with van der Waals surface area (Å²) in [5.41, 5.74) is 1.24. The van der Waals surface area contributed by atoms with Crippen molar-refractivity contribution in [3.8, 4) is 0 Å². The predicted octanol–water partition coefficient (Wildman–Crippen LogP) is 0.119. The third kappa shape index (κ3) is 6.75. The van der Waals surface area contributed by atoms with Crippen molar-refractivity contribution in [1.82, 2.24) is 24.8 Å². The number of carbonyl (C=O) groups is 1. The molecule has 7 atom stereocenters. The lowest BCUT2D eigenvalue weighted by molar-refractivity contribution is -0.777. The second kappa shape index (κ2) is 13.1. The van der Waals surface area contributed by atoms with E-state index in [1.54, 1.807) is 34.6 Å². The molecule has 15 nitrogen and oxygen atoms in total. The van der Waals surface area contributed by atoms with Crippen LogP contribution in [0.4, 0.5) is 5.82 Å². The third-order valence-corrected chi connectivity index (χ3v) is 7.88. The fourth-order valence-electron chi connectivity index (χ4n) is 4.27. The van der Waals surface area contributed by atoms with Gasteiger partial charge in [-0.25, -0.2) is 15.0 Å². The molecular formula is C21H34N7O8S+. The van der Waals surface area contributed by atoms with Crippen LogP contribution in [0.2, 0.25) is 0 Å². The summed E-state index contributed by atoms with van der Waals surface area (Å²) < 4.78 is 24.9.